The number of aromatic nitrogens is 2. The largest absolute Gasteiger partial charge is 0.497 e. The first-order valence-electron chi connectivity index (χ1n) is 13.5. The highest BCUT2D eigenvalue weighted by atomic mass is 16.8. The molecule has 3 aromatic carbocycles. The first-order chi connectivity index (χ1) is 19.4. The van der Waals surface area contributed by atoms with E-state index in [9.17, 15) is 0 Å². The summed E-state index contributed by atoms with van der Waals surface area (Å²) in [6.45, 7) is 3.80. The number of hydrogen-bond donors (Lipinski definition) is 2. The summed E-state index contributed by atoms with van der Waals surface area (Å²) in [6.07, 6.45) is 2.22. The van der Waals surface area contributed by atoms with Crippen LogP contribution < -0.4 is 14.2 Å². The fourth-order valence-electron chi connectivity index (χ4n) is 6.10. The van der Waals surface area contributed by atoms with E-state index in [-0.39, 0.29) is 5.92 Å². The van der Waals surface area contributed by atoms with Gasteiger partial charge in [-0.1, -0.05) is 18.2 Å². The normalized spacial score (nSPS) is 23.6. The smallest absolute Gasteiger partial charge is 0.191 e. The highest BCUT2D eigenvalue weighted by molar-refractivity contribution is 5.89. The van der Waals surface area contributed by atoms with Crippen molar-refractivity contribution in [1.82, 2.24) is 9.97 Å². The minimum Gasteiger partial charge on any atom is -0.497 e. The number of benzene rings is 3. The van der Waals surface area contributed by atoms with Crippen LogP contribution in [0.4, 0.5) is 0 Å². The molecule has 2 aromatic heterocycles. The van der Waals surface area contributed by atoms with Crippen LogP contribution in [0, 0.1) is 0 Å². The van der Waals surface area contributed by atoms with E-state index in [1.54, 1.807) is 14.2 Å². The predicted octanol–water partition coefficient (Wildman–Crippen LogP) is 6.12. The van der Waals surface area contributed by atoms with E-state index < -0.39 is 30.4 Å². The van der Waals surface area contributed by atoms with Crippen molar-refractivity contribution in [1.29, 1.82) is 0 Å². The average Bonchev–Trinajstić information content (AvgIpc) is 3.72. The highest BCUT2D eigenvalue weighted by Gasteiger charge is 2.58. The van der Waals surface area contributed by atoms with Crippen molar-refractivity contribution in [2.45, 2.75) is 50.2 Å². The zero-order chi connectivity index (χ0) is 27.4. The lowest BCUT2D eigenvalue weighted by atomic mass is 9.83. The summed E-state index contributed by atoms with van der Waals surface area (Å²) < 4.78 is 37.3. The molecule has 2 fully saturated rings. The Morgan fingerprint density at radius 3 is 1.93 bits per heavy atom. The summed E-state index contributed by atoms with van der Waals surface area (Å²) in [5, 5.41) is 2.09. The van der Waals surface area contributed by atoms with Crippen molar-refractivity contribution >= 4 is 21.8 Å². The van der Waals surface area contributed by atoms with Crippen LogP contribution in [0.3, 0.4) is 0 Å². The quantitative estimate of drug-likeness (QED) is 0.259. The Balaban J connectivity index is 1.42. The molecule has 206 valence electrons. The summed E-state index contributed by atoms with van der Waals surface area (Å²) in [7, 11) is 3.36. The molecule has 5 aromatic rings. The van der Waals surface area contributed by atoms with Crippen molar-refractivity contribution in [3.63, 3.8) is 0 Å². The monoisotopic (exact) mass is 540 g/mol. The van der Waals surface area contributed by atoms with E-state index >= 15 is 0 Å². The Morgan fingerprint density at radius 1 is 0.750 bits per heavy atom. The number of methoxy groups -OCH3 is 2. The third kappa shape index (κ3) is 4.20. The van der Waals surface area contributed by atoms with Gasteiger partial charge in [0, 0.05) is 40.1 Å². The van der Waals surface area contributed by atoms with Gasteiger partial charge >= 0.3 is 0 Å². The molecule has 2 aliphatic rings. The van der Waals surface area contributed by atoms with Crippen LogP contribution in [0.15, 0.2) is 79.1 Å². The van der Waals surface area contributed by atoms with Crippen LogP contribution in [0.25, 0.3) is 21.8 Å². The van der Waals surface area contributed by atoms with E-state index in [0.29, 0.717) is 0 Å². The third-order valence-electron chi connectivity index (χ3n) is 7.88. The third-order valence-corrected chi connectivity index (χ3v) is 7.88. The van der Waals surface area contributed by atoms with Crippen molar-refractivity contribution in [3.05, 3.63) is 90.3 Å². The molecule has 0 radical (unpaired) electrons. The molecule has 0 saturated carbocycles. The van der Waals surface area contributed by atoms with Crippen LogP contribution in [0.2, 0.25) is 0 Å². The van der Waals surface area contributed by atoms with Crippen molar-refractivity contribution < 1.29 is 28.4 Å². The number of hydrogen-bond acceptors (Lipinski definition) is 6. The molecule has 8 nitrogen and oxygen atoms in total. The first-order valence-corrected chi connectivity index (χ1v) is 13.5. The van der Waals surface area contributed by atoms with Crippen LogP contribution in [-0.2, 0) is 14.2 Å². The number of ether oxygens (including phenoxy) is 6. The Labute approximate surface area is 232 Å². The second kappa shape index (κ2) is 9.59. The number of nitrogens with one attached hydrogen (secondary N) is 2. The molecule has 7 rings (SSSR count). The fourth-order valence-corrected chi connectivity index (χ4v) is 6.10. The second-order valence-electron chi connectivity index (χ2n) is 10.8. The van der Waals surface area contributed by atoms with Gasteiger partial charge in [-0.05, 0) is 73.5 Å². The lowest BCUT2D eigenvalue weighted by molar-refractivity contribution is -0.214. The molecule has 4 heterocycles. The maximum atomic E-state index is 6.76. The Hall–Kier alpha value is -3.98. The molecule has 2 saturated heterocycles. The van der Waals surface area contributed by atoms with Crippen molar-refractivity contribution in [2.24, 2.45) is 0 Å². The summed E-state index contributed by atoms with van der Waals surface area (Å²) in [5.74, 6) is 1.27. The molecule has 2 aliphatic heterocycles. The minimum atomic E-state index is -0.781. The standard InChI is InChI=1S/C32H32N2O6/c1-32(2)39-30-29(37-18-8-6-5-7-9-18)28(38-31(30)40-32)27(23-16-33-25-12-10-19(35-3)14-21(23)25)24-17-34-26-13-11-20(36-4)15-22(24)26/h5-17,27-31,33-34H,1-4H3. The summed E-state index contributed by atoms with van der Waals surface area (Å²) in [6, 6.07) is 21.9. The molecular formula is C32H32N2O6. The first kappa shape index (κ1) is 25.0. The molecule has 4 unspecified atom stereocenters. The molecular weight excluding hydrogens is 508 g/mol. The van der Waals surface area contributed by atoms with Crippen LogP contribution >= 0.6 is 0 Å². The molecule has 0 amide bonds. The average molecular weight is 541 g/mol. The Bertz CT molecular complexity index is 1580. The van der Waals surface area contributed by atoms with Gasteiger partial charge in [0.25, 0.3) is 0 Å². The van der Waals surface area contributed by atoms with Crippen LogP contribution in [0.1, 0.15) is 30.9 Å². The van der Waals surface area contributed by atoms with Gasteiger partial charge in [0.05, 0.1) is 14.2 Å². The lowest BCUT2D eigenvalue weighted by Gasteiger charge is -2.31. The number of aromatic amines is 2. The number of rotatable bonds is 7. The zero-order valence-electron chi connectivity index (χ0n) is 22.8. The molecule has 8 heteroatoms. The van der Waals surface area contributed by atoms with Crippen molar-refractivity contribution in [3.8, 4) is 17.2 Å². The second-order valence-corrected chi connectivity index (χ2v) is 10.8. The van der Waals surface area contributed by atoms with Crippen LogP contribution in [-0.4, -0.2) is 54.6 Å². The molecule has 0 spiro atoms. The van der Waals surface area contributed by atoms with Gasteiger partial charge in [0.1, 0.15) is 23.4 Å². The molecule has 40 heavy (non-hydrogen) atoms. The van der Waals surface area contributed by atoms with Crippen molar-refractivity contribution in [2.75, 3.05) is 14.2 Å². The number of H-pyrrole nitrogens is 2. The summed E-state index contributed by atoms with van der Waals surface area (Å²) in [4.78, 5) is 6.91. The van der Waals surface area contributed by atoms with E-state index in [0.717, 1.165) is 50.2 Å². The highest BCUT2D eigenvalue weighted by Crippen LogP contribution is 2.48. The van der Waals surface area contributed by atoms with Gasteiger partial charge in [-0.15, -0.1) is 0 Å². The van der Waals surface area contributed by atoms with Gasteiger partial charge in [-0.25, -0.2) is 0 Å². The fraction of sp³-hybridized carbons (Fsp3) is 0.312. The van der Waals surface area contributed by atoms with Gasteiger partial charge in [-0.2, -0.15) is 0 Å². The maximum absolute atomic E-state index is 6.76. The van der Waals surface area contributed by atoms with E-state index in [4.69, 9.17) is 28.4 Å². The lowest BCUT2D eigenvalue weighted by Crippen LogP contribution is -2.42. The number of para-hydroxylation sites is 1. The van der Waals surface area contributed by atoms with Gasteiger partial charge < -0.3 is 38.4 Å². The summed E-state index contributed by atoms with van der Waals surface area (Å²) >= 11 is 0. The predicted molar refractivity (Wildman–Crippen MR) is 151 cm³/mol. The SMILES string of the molecule is COc1ccc2[nH]cc(C(c3c[nH]c4ccc(OC)cc34)C3OC4OC(C)(C)OC4C3Oc3ccccc3)c2c1. The zero-order valence-corrected chi connectivity index (χ0v) is 22.8. The summed E-state index contributed by atoms with van der Waals surface area (Å²) in [5.41, 5.74) is 4.13. The minimum absolute atomic E-state index is 0.253. The molecule has 0 aliphatic carbocycles. The Kier molecular flexibility index (Phi) is 6.00. The van der Waals surface area contributed by atoms with Gasteiger partial charge in [0.15, 0.2) is 24.3 Å². The van der Waals surface area contributed by atoms with Crippen LogP contribution in [0.5, 0.6) is 17.2 Å². The molecule has 0 bridgehead atoms. The molecule has 2 N–H and O–H groups in total. The molecule has 4 atom stereocenters. The topological polar surface area (TPSA) is 87.0 Å². The maximum Gasteiger partial charge on any atom is 0.191 e. The van der Waals surface area contributed by atoms with E-state index in [1.165, 1.54) is 0 Å². The van der Waals surface area contributed by atoms with Gasteiger partial charge in [0.2, 0.25) is 0 Å². The van der Waals surface area contributed by atoms with E-state index in [2.05, 4.69) is 34.5 Å². The number of fused-ring (bicyclic) bond motifs is 3. The van der Waals surface area contributed by atoms with E-state index in [1.807, 2.05) is 68.4 Å². The van der Waals surface area contributed by atoms with Gasteiger partial charge in [-0.3, -0.25) is 0 Å². The Morgan fingerprint density at radius 2 is 1.35 bits per heavy atom.